The Balaban J connectivity index is 1.92. The van der Waals surface area contributed by atoms with Crippen molar-refractivity contribution in [3.8, 4) is 0 Å². The minimum Gasteiger partial charge on any atom is -0.381 e. The van der Waals surface area contributed by atoms with Crippen molar-refractivity contribution in [1.82, 2.24) is 10.2 Å². The Kier molecular flexibility index (Phi) is 4.58. The van der Waals surface area contributed by atoms with Crippen molar-refractivity contribution >= 4 is 11.8 Å². The maximum Gasteiger partial charge on any atom is 0.247 e. The van der Waals surface area contributed by atoms with Crippen molar-refractivity contribution in [2.24, 2.45) is 0 Å². The smallest absolute Gasteiger partial charge is 0.247 e. The highest BCUT2D eigenvalue weighted by Crippen LogP contribution is 2.24. The fourth-order valence-electron chi connectivity index (χ4n) is 3.02. The summed E-state index contributed by atoms with van der Waals surface area (Å²) in [6.07, 6.45) is 4.36. The SMILES string of the molecule is CCC(C)N1C(=O)CC(NC2CCC(OC)C2)C1=O. The van der Waals surface area contributed by atoms with Crippen LogP contribution in [0.2, 0.25) is 0 Å². The summed E-state index contributed by atoms with van der Waals surface area (Å²) in [4.78, 5) is 25.6. The molecule has 4 atom stereocenters. The molecule has 108 valence electrons. The highest BCUT2D eigenvalue weighted by Gasteiger charge is 2.42. The fourth-order valence-corrected chi connectivity index (χ4v) is 3.02. The summed E-state index contributed by atoms with van der Waals surface area (Å²) in [7, 11) is 1.72. The van der Waals surface area contributed by atoms with Gasteiger partial charge in [-0.1, -0.05) is 6.92 Å². The summed E-state index contributed by atoms with van der Waals surface area (Å²) in [5.41, 5.74) is 0. The normalized spacial score (nSPS) is 33.2. The molecule has 5 heteroatoms. The molecule has 5 nitrogen and oxygen atoms in total. The molecular formula is C14H24N2O3. The van der Waals surface area contributed by atoms with Crippen LogP contribution in [0, 0.1) is 0 Å². The summed E-state index contributed by atoms with van der Waals surface area (Å²) in [6, 6.07) is -0.0345. The van der Waals surface area contributed by atoms with Gasteiger partial charge in [-0.05, 0) is 32.6 Å². The first kappa shape index (κ1) is 14.5. The van der Waals surface area contributed by atoms with E-state index in [4.69, 9.17) is 4.74 Å². The van der Waals surface area contributed by atoms with Gasteiger partial charge in [-0.3, -0.25) is 14.5 Å². The second-order valence-corrected chi connectivity index (χ2v) is 5.65. The number of nitrogens with zero attached hydrogens (tertiary/aromatic N) is 1. The summed E-state index contributed by atoms with van der Waals surface area (Å²) in [6.45, 7) is 3.92. The summed E-state index contributed by atoms with van der Waals surface area (Å²) in [5, 5.41) is 3.34. The third kappa shape index (κ3) is 2.98. The Morgan fingerprint density at radius 3 is 2.74 bits per heavy atom. The van der Waals surface area contributed by atoms with Crippen LogP contribution in [0.25, 0.3) is 0 Å². The van der Waals surface area contributed by atoms with Crippen molar-refractivity contribution in [3.63, 3.8) is 0 Å². The van der Waals surface area contributed by atoms with Gasteiger partial charge in [0.15, 0.2) is 0 Å². The first-order chi connectivity index (χ1) is 9.06. The number of carbonyl (C=O) groups is 2. The molecule has 1 heterocycles. The fraction of sp³-hybridized carbons (Fsp3) is 0.857. The highest BCUT2D eigenvalue weighted by atomic mass is 16.5. The van der Waals surface area contributed by atoms with Crippen LogP contribution in [-0.4, -0.2) is 48.1 Å². The zero-order chi connectivity index (χ0) is 14.0. The molecule has 1 saturated heterocycles. The molecule has 19 heavy (non-hydrogen) atoms. The van der Waals surface area contributed by atoms with Gasteiger partial charge in [-0.15, -0.1) is 0 Å². The number of ether oxygens (including phenoxy) is 1. The van der Waals surface area contributed by atoms with E-state index >= 15 is 0 Å². The molecule has 4 unspecified atom stereocenters. The number of carbonyl (C=O) groups excluding carboxylic acids is 2. The molecule has 2 aliphatic rings. The lowest BCUT2D eigenvalue weighted by Crippen LogP contribution is -2.45. The molecule has 0 aromatic carbocycles. The van der Waals surface area contributed by atoms with Gasteiger partial charge >= 0.3 is 0 Å². The summed E-state index contributed by atoms with van der Waals surface area (Å²) >= 11 is 0. The average Bonchev–Trinajstić information content (AvgIpc) is 2.95. The average molecular weight is 268 g/mol. The van der Waals surface area contributed by atoms with Crippen LogP contribution in [0.15, 0.2) is 0 Å². The second-order valence-electron chi connectivity index (χ2n) is 5.65. The van der Waals surface area contributed by atoms with Gasteiger partial charge < -0.3 is 10.1 Å². The molecule has 2 rings (SSSR count). The van der Waals surface area contributed by atoms with Crippen LogP contribution < -0.4 is 5.32 Å². The van der Waals surface area contributed by atoms with Crippen molar-refractivity contribution in [3.05, 3.63) is 0 Å². The standard InChI is InChI=1S/C14H24N2O3/c1-4-9(2)16-13(17)8-12(14(16)18)15-10-5-6-11(7-10)19-3/h9-12,15H,4-8H2,1-3H3. The minimum atomic E-state index is -0.331. The quantitative estimate of drug-likeness (QED) is 0.758. The van der Waals surface area contributed by atoms with Crippen molar-refractivity contribution in [1.29, 1.82) is 0 Å². The largest absolute Gasteiger partial charge is 0.381 e. The Labute approximate surface area is 114 Å². The van der Waals surface area contributed by atoms with E-state index in [9.17, 15) is 9.59 Å². The molecule has 1 aliphatic heterocycles. The molecule has 2 amide bonds. The van der Waals surface area contributed by atoms with E-state index < -0.39 is 0 Å². The maximum atomic E-state index is 12.3. The monoisotopic (exact) mass is 268 g/mol. The van der Waals surface area contributed by atoms with Gasteiger partial charge in [-0.2, -0.15) is 0 Å². The van der Waals surface area contributed by atoms with Crippen LogP contribution in [0.1, 0.15) is 46.0 Å². The molecule has 0 spiro atoms. The van der Waals surface area contributed by atoms with Crippen LogP contribution >= 0.6 is 0 Å². The lowest BCUT2D eigenvalue weighted by Gasteiger charge is -2.22. The zero-order valence-corrected chi connectivity index (χ0v) is 12.0. The van der Waals surface area contributed by atoms with E-state index in [-0.39, 0.29) is 30.0 Å². The number of likely N-dealkylation sites (tertiary alicyclic amines) is 1. The van der Waals surface area contributed by atoms with E-state index in [0.717, 1.165) is 25.7 Å². The van der Waals surface area contributed by atoms with Crippen molar-refractivity contribution < 1.29 is 14.3 Å². The van der Waals surface area contributed by atoms with E-state index in [1.165, 1.54) is 4.90 Å². The maximum absolute atomic E-state index is 12.3. The molecule has 0 aromatic heterocycles. The molecule has 1 N–H and O–H groups in total. The van der Waals surface area contributed by atoms with Crippen molar-refractivity contribution in [2.75, 3.05) is 7.11 Å². The van der Waals surface area contributed by atoms with Gasteiger partial charge in [0.05, 0.1) is 18.6 Å². The molecular weight excluding hydrogens is 244 g/mol. The Bertz CT molecular complexity index is 359. The predicted molar refractivity (Wildman–Crippen MR) is 71.6 cm³/mol. The Hall–Kier alpha value is -0.940. The summed E-state index contributed by atoms with van der Waals surface area (Å²) < 4.78 is 5.33. The second kappa shape index (κ2) is 6.01. The number of amides is 2. The van der Waals surface area contributed by atoms with E-state index in [1.54, 1.807) is 7.11 Å². The minimum absolute atomic E-state index is 0.00195. The Morgan fingerprint density at radius 1 is 1.42 bits per heavy atom. The van der Waals surface area contributed by atoms with Crippen LogP contribution in [-0.2, 0) is 14.3 Å². The molecule has 0 aromatic rings. The number of rotatable bonds is 5. The zero-order valence-electron chi connectivity index (χ0n) is 12.0. The topological polar surface area (TPSA) is 58.6 Å². The van der Waals surface area contributed by atoms with E-state index in [1.807, 2.05) is 13.8 Å². The van der Waals surface area contributed by atoms with Crippen LogP contribution in [0.3, 0.4) is 0 Å². The first-order valence-electron chi connectivity index (χ1n) is 7.21. The molecule has 2 fully saturated rings. The molecule has 1 aliphatic carbocycles. The number of hydrogen-bond donors (Lipinski definition) is 1. The Morgan fingerprint density at radius 2 is 2.16 bits per heavy atom. The van der Waals surface area contributed by atoms with Crippen LogP contribution in [0.4, 0.5) is 0 Å². The number of methoxy groups -OCH3 is 1. The highest BCUT2D eigenvalue weighted by molar-refractivity contribution is 6.05. The number of hydrogen-bond acceptors (Lipinski definition) is 4. The third-order valence-corrected chi connectivity index (χ3v) is 4.37. The van der Waals surface area contributed by atoms with Gasteiger partial charge in [-0.25, -0.2) is 0 Å². The van der Waals surface area contributed by atoms with Crippen molar-refractivity contribution in [2.45, 2.75) is 70.2 Å². The third-order valence-electron chi connectivity index (χ3n) is 4.37. The van der Waals surface area contributed by atoms with E-state index in [2.05, 4.69) is 5.32 Å². The van der Waals surface area contributed by atoms with E-state index in [0.29, 0.717) is 12.5 Å². The van der Waals surface area contributed by atoms with Gasteiger partial charge in [0.25, 0.3) is 0 Å². The molecule has 0 radical (unpaired) electrons. The van der Waals surface area contributed by atoms with Crippen LogP contribution in [0.5, 0.6) is 0 Å². The lowest BCUT2D eigenvalue weighted by atomic mass is 10.1. The number of nitrogens with one attached hydrogen (secondary N) is 1. The van der Waals surface area contributed by atoms with Gasteiger partial charge in [0.2, 0.25) is 11.8 Å². The van der Waals surface area contributed by atoms with Gasteiger partial charge in [0.1, 0.15) is 0 Å². The lowest BCUT2D eigenvalue weighted by molar-refractivity contribution is -0.141. The predicted octanol–water partition coefficient (Wildman–Crippen LogP) is 1.07. The first-order valence-corrected chi connectivity index (χ1v) is 7.21. The number of imide groups is 1. The molecule has 0 bridgehead atoms. The summed E-state index contributed by atoms with van der Waals surface area (Å²) in [5.74, 6) is -0.0987. The van der Waals surface area contributed by atoms with Gasteiger partial charge in [0, 0.05) is 19.2 Å². The molecule has 1 saturated carbocycles.